The first-order valence-electron chi connectivity index (χ1n) is 9.38. The number of esters is 1. The maximum Gasteiger partial charge on any atom is 0.328 e. The van der Waals surface area contributed by atoms with Crippen molar-refractivity contribution in [3.63, 3.8) is 0 Å². The summed E-state index contributed by atoms with van der Waals surface area (Å²) in [5.41, 5.74) is 1.90. The normalized spacial score (nSPS) is 15.5. The zero-order valence-electron chi connectivity index (χ0n) is 16.3. The maximum atomic E-state index is 12.3. The van der Waals surface area contributed by atoms with Gasteiger partial charge < -0.3 is 15.4 Å². The molecule has 31 heavy (non-hydrogen) atoms. The molecule has 1 atom stereocenters. The third-order valence-electron chi connectivity index (χ3n) is 4.29. The summed E-state index contributed by atoms with van der Waals surface area (Å²) in [6.45, 7) is 0.374. The van der Waals surface area contributed by atoms with Gasteiger partial charge in [0.05, 0.1) is 12.4 Å². The molecule has 0 aromatic heterocycles. The monoisotopic (exact) mass is 474 g/mol. The topological polar surface area (TPSA) is 84.5 Å². The number of carbonyl (C=O) groups is 3. The van der Waals surface area contributed by atoms with Crippen molar-refractivity contribution < 1.29 is 19.1 Å². The molecule has 0 spiro atoms. The number of ketones is 1. The van der Waals surface area contributed by atoms with Crippen molar-refractivity contribution in [1.82, 2.24) is 5.32 Å². The Hall–Kier alpha value is -2.68. The number of thioether (sulfide) groups is 1. The van der Waals surface area contributed by atoms with Gasteiger partial charge in [-0.25, -0.2) is 4.79 Å². The Kier molecular flexibility index (Phi) is 8.22. The molecule has 3 rings (SSSR count). The predicted molar refractivity (Wildman–Crippen MR) is 127 cm³/mol. The van der Waals surface area contributed by atoms with Gasteiger partial charge in [0.25, 0.3) is 0 Å². The van der Waals surface area contributed by atoms with Crippen molar-refractivity contribution in [2.45, 2.75) is 12.5 Å². The summed E-state index contributed by atoms with van der Waals surface area (Å²) in [5, 5.41) is 6.23. The molecule has 0 radical (unpaired) electrons. The van der Waals surface area contributed by atoms with Gasteiger partial charge in [-0.15, -0.1) is 0 Å². The van der Waals surface area contributed by atoms with E-state index in [1.807, 2.05) is 12.1 Å². The smallest absolute Gasteiger partial charge is 0.328 e. The van der Waals surface area contributed by atoms with Crippen molar-refractivity contribution in [2.24, 2.45) is 0 Å². The van der Waals surface area contributed by atoms with Crippen LogP contribution in [0.15, 0.2) is 54.6 Å². The SMILES string of the molecule is O=C(CSC(=S)N[C@H]1CCOC1=O)Nc1ccc(C(=O)/C=C/c2cccc(Cl)c2)cc1. The predicted octanol–water partition coefficient (Wildman–Crippen LogP) is 4.10. The third-order valence-corrected chi connectivity index (χ3v) is 5.78. The van der Waals surface area contributed by atoms with Crippen LogP contribution in [0.25, 0.3) is 6.08 Å². The number of halogens is 1. The summed E-state index contributed by atoms with van der Waals surface area (Å²) in [4.78, 5) is 35.9. The van der Waals surface area contributed by atoms with E-state index in [9.17, 15) is 14.4 Å². The minimum atomic E-state index is -0.443. The van der Waals surface area contributed by atoms with Gasteiger partial charge in [0.1, 0.15) is 10.4 Å². The molecule has 6 nitrogen and oxygen atoms in total. The Bertz CT molecular complexity index is 1020. The molecule has 1 fully saturated rings. The summed E-state index contributed by atoms with van der Waals surface area (Å²) in [6, 6.07) is 13.4. The molecule has 2 aromatic carbocycles. The van der Waals surface area contributed by atoms with Gasteiger partial charge in [-0.05, 0) is 48.0 Å². The Morgan fingerprint density at radius 3 is 2.68 bits per heavy atom. The molecule has 0 saturated carbocycles. The van der Waals surface area contributed by atoms with Gasteiger partial charge in [-0.3, -0.25) is 9.59 Å². The third kappa shape index (κ3) is 7.20. The van der Waals surface area contributed by atoms with Crippen LogP contribution in [0.4, 0.5) is 5.69 Å². The molecule has 0 unspecified atom stereocenters. The lowest BCUT2D eigenvalue weighted by Crippen LogP contribution is -2.36. The molecular weight excluding hydrogens is 456 g/mol. The van der Waals surface area contributed by atoms with Crippen molar-refractivity contribution in [1.29, 1.82) is 0 Å². The largest absolute Gasteiger partial charge is 0.464 e. The van der Waals surface area contributed by atoms with E-state index >= 15 is 0 Å². The molecule has 1 aliphatic heterocycles. The highest BCUT2D eigenvalue weighted by atomic mass is 35.5. The summed E-state index contributed by atoms with van der Waals surface area (Å²) in [6.07, 6.45) is 3.73. The van der Waals surface area contributed by atoms with Crippen LogP contribution in [0.2, 0.25) is 5.02 Å². The average molecular weight is 475 g/mol. The van der Waals surface area contributed by atoms with Gasteiger partial charge in [0, 0.05) is 22.7 Å². The Morgan fingerprint density at radius 2 is 2.00 bits per heavy atom. The second-order valence-electron chi connectivity index (χ2n) is 6.61. The molecule has 1 heterocycles. The number of hydrogen-bond acceptors (Lipinski definition) is 6. The number of ether oxygens (including phenoxy) is 1. The maximum absolute atomic E-state index is 12.3. The standard InChI is InChI=1S/C22H19ClN2O4S2/c23-16-3-1-2-14(12-16)4-9-19(26)15-5-7-17(8-6-15)24-20(27)13-31-22(30)25-18-10-11-29-21(18)28/h1-9,12,18H,10-11,13H2,(H,24,27)(H,25,30)/b9-4+/t18-/m0/s1. The van der Waals surface area contributed by atoms with Crippen LogP contribution in [0.5, 0.6) is 0 Å². The summed E-state index contributed by atoms with van der Waals surface area (Å²) < 4.78 is 5.22. The van der Waals surface area contributed by atoms with Crippen LogP contribution >= 0.6 is 35.6 Å². The first kappa shape index (κ1) is 23.0. The van der Waals surface area contributed by atoms with E-state index in [0.29, 0.717) is 33.6 Å². The van der Waals surface area contributed by atoms with Gasteiger partial charge in [-0.1, -0.05) is 53.8 Å². The highest BCUT2D eigenvalue weighted by Gasteiger charge is 2.27. The number of carbonyl (C=O) groups excluding carboxylic acids is 3. The van der Waals surface area contributed by atoms with E-state index in [-0.39, 0.29) is 23.4 Å². The number of hydrogen-bond donors (Lipinski definition) is 2. The van der Waals surface area contributed by atoms with Gasteiger partial charge in [0.15, 0.2) is 5.78 Å². The zero-order valence-corrected chi connectivity index (χ0v) is 18.7. The van der Waals surface area contributed by atoms with Crippen molar-refractivity contribution in [2.75, 3.05) is 17.7 Å². The van der Waals surface area contributed by atoms with Crippen LogP contribution in [-0.2, 0) is 14.3 Å². The quantitative estimate of drug-likeness (QED) is 0.270. The lowest BCUT2D eigenvalue weighted by atomic mass is 10.1. The van der Waals surface area contributed by atoms with Gasteiger partial charge in [0.2, 0.25) is 5.91 Å². The summed E-state index contributed by atoms with van der Waals surface area (Å²) >= 11 is 12.2. The number of nitrogens with one attached hydrogen (secondary N) is 2. The highest BCUT2D eigenvalue weighted by molar-refractivity contribution is 8.23. The number of thiocarbonyl (C=S) groups is 1. The second kappa shape index (κ2) is 11.1. The average Bonchev–Trinajstić information content (AvgIpc) is 3.15. The fourth-order valence-corrected chi connectivity index (χ4v) is 3.81. The van der Waals surface area contributed by atoms with Crippen LogP contribution in [0.1, 0.15) is 22.3 Å². The van der Waals surface area contributed by atoms with E-state index in [0.717, 1.165) is 17.3 Å². The Morgan fingerprint density at radius 1 is 1.23 bits per heavy atom. The molecular formula is C22H19ClN2O4S2. The van der Waals surface area contributed by atoms with Crippen LogP contribution < -0.4 is 10.6 Å². The molecule has 1 saturated heterocycles. The number of anilines is 1. The minimum Gasteiger partial charge on any atom is -0.464 e. The Balaban J connectivity index is 1.46. The van der Waals surface area contributed by atoms with Gasteiger partial charge >= 0.3 is 5.97 Å². The summed E-state index contributed by atoms with van der Waals surface area (Å²) in [5.74, 6) is -0.640. The van der Waals surface area contributed by atoms with E-state index < -0.39 is 6.04 Å². The molecule has 0 aliphatic carbocycles. The molecule has 0 bridgehead atoms. The first-order valence-corrected chi connectivity index (χ1v) is 11.2. The number of amides is 1. The first-order chi connectivity index (χ1) is 14.9. The highest BCUT2D eigenvalue weighted by Crippen LogP contribution is 2.15. The van der Waals surface area contributed by atoms with Crippen molar-refractivity contribution in [3.05, 3.63) is 70.8 Å². The van der Waals surface area contributed by atoms with E-state index in [2.05, 4.69) is 10.6 Å². The molecule has 2 N–H and O–H groups in total. The van der Waals surface area contributed by atoms with E-state index in [1.54, 1.807) is 42.5 Å². The number of rotatable bonds is 7. The fraction of sp³-hybridized carbons (Fsp3) is 0.182. The van der Waals surface area contributed by atoms with Crippen LogP contribution in [0.3, 0.4) is 0 Å². The Labute approximate surface area is 194 Å². The minimum absolute atomic E-state index is 0.0939. The van der Waals surface area contributed by atoms with Crippen LogP contribution in [-0.4, -0.2) is 40.4 Å². The lowest BCUT2D eigenvalue weighted by molar-refractivity contribution is -0.139. The number of allylic oxidation sites excluding steroid dienone is 1. The second-order valence-corrected chi connectivity index (χ2v) is 8.70. The molecule has 9 heteroatoms. The van der Waals surface area contributed by atoms with E-state index in [4.69, 9.17) is 28.6 Å². The molecule has 1 amide bonds. The van der Waals surface area contributed by atoms with E-state index in [1.165, 1.54) is 6.08 Å². The van der Waals surface area contributed by atoms with Crippen molar-refractivity contribution in [3.8, 4) is 0 Å². The number of cyclic esters (lactones) is 1. The summed E-state index contributed by atoms with van der Waals surface area (Å²) in [7, 11) is 0. The lowest BCUT2D eigenvalue weighted by Gasteiger charge is -2.11. The molecule has 160 valence electrons. The van der Waals surface area contributed by atoms with Crippen LogP contribution in [0, 0.1) is 0 Å². The number of benzene rings is 2. The van der Waals surface area contributed by atoms with Gasteiger partial charge in [-0.2, -0.15) is 0 Å². The zero-order chi connectivity index (χ0) is 22.2. The fourth-order valence-electron chi connectivity index (χ4n) is 2.74. The molecule has 1 aliphatic rings. The molecule has 2 aromatic rings. The van der Waals surface area contributed by atoms with Crippen molar-refractivity contribution >= 4 is 69.3 Å².